The van der Waals surface area contributed by atoms with Crippen LogP contribution in [0.1, 0.15) is 31.2 Å². The Bertz CT molecular complexity index is 740. The molecular formula is C22H29F3N2O4. The number of likely N-dealkylation sites (tertiary alicyclic amines) is 1. The van der Waals surface area contributed by atoms with E-state index in [2.05, 4.69) is 40.5 Å². The zero-order valence-electron chi connectivity index (χ0n) is 17.3. The Balaban J connectivity index is 0.000000339. The van der Waals surface area contributed by atoms with E-state index in [9.17, 15) is 18.0 Å². The van der Waals surface area contributed by atoms with Gasteiger partial charge in [-0.25, -0.2) is 4.79 Å². The minimum atomic E-state index is -5.08. The Morgan fingerprint density at radius 1 is 1.13 bits per heavy atom. The minimum absolute atomic E-state index is 0.142. The second-order valence-corrected chi connectivity index (χ2v) is 8.38. The predicted octanol–water partition coefficient (Wildman–Crippen LogP) is 2.87. The first kappa shape index (κ1) is 23.5. The molecule has 0 bridgehead atoms. The molecule has 3 atom stereocenters. The summed E-state index contributed by atoms with van der Waals surface area (Å²) in [6.07, 6.45) is 0.539. The van der Waals surface area contributed by atoms with E-state index >= 15 is 0 Å². The van der Waals surface area contributed by atoms with Gasteiger partial charge in [0, 0.05) is 44.1 Å². The van der Waals surface area contributed by atoms with Crippen molar-refractivity contribution in [2.24, 2.45) is 11.8 Å². The van der Waals surface area contributed by atoms with Crippen LogP contribution in [0.3, 0.4) is 0 Å². The largest absolute Gasteiger partial charge is 0.490 e. The molecule has 6 nitrogen and oxygen atoms in total. The lowest BCUT2D eigenvalue weighted by Gasteiger charge is -2.44. The third-order valence-corrected chi connectivity index (χ3v) is 6.02. The fraction of sp³-hybridized carbons (Fsp3) is 0.636. The van der Waals surface area contributed by atoms with Crippen LogP contribution in [0.15, 0.2) is 30.3 Å². The molecule has 1 saturated carbocycles. The van der Waals surface area contributed by atoms with Gasteiger partial charge in [0.2, 0.25) is 5.91 Å². The summed E-state index contributed by atoms with van der Waals surface area (Å²) in [7, 11) is 0. The molecule has 1 amide bonds. The zero-order valence-corrected chi connectivity index (χ0v) is 17.3. The van der Waals surface area contributed by atoms with Crippen molar-refractivity contribution >= 4 is 11.9 Å². The molecule has 2 aliphatic heterocycles. The molecule has 3 aliphatic rings. The maximum Gasteiger partial charge on any atom is 0.490 e. The fourth-order valence-corrected chi connectivity index (χ4v) is 4.18. The molecule has 172 valence electrons. The highest BCUT2D eigenvalue weighted by Crippen LogP contribution is 2.34. The summed E-state index contributed by atoms with van der Waals surface area (Å²) < 4.78 is 37.7. The summed E-state index contributed by atoms with van der Waals surface area (Å²) in [5.41, 5.74) is 1.39. The van der Waals surface area contributed by atoms with Gasteiger partial charge in [-0.1, -0.05) is 30.3 Å². The SMILES string of the molecule is O=C(NC1CC1)[C@@H]1CCO[C@@H]2CCN(CCc3ccccc3)C[C@@H]21.O=C(O)C(F)(F)F. The first-order chi connectivity index (χ1) is 14.7. The Labute approximate surface area is 179 Å². The number of hydrogen-bond donors (Lipinski definition) is 2. The number of nitrogens with zero attached hydrogens (tertiary/aromatic N) is 1. The van der Waals surface area contributed by atoms with Gasteiger partial charge in [0.15, 0.2) is 0 Å². The van der Waals surface area contributed by atoms with E-state index in [1.807, 2.05) is 0 Å². The average Bonchev–Trinajstić information content (AvgIpc) is 3.56. The van der Waals surface area contributed by atoms with Crippen molar-refractivity contribution in [3.05, 3.63) is 35.9 Å². The van der Waals surface area contributed by atoms with Gasteiger partial charge in [0.1, 0.15) is 0 Å². The number of alkyl halides is 3. The quantitative estimate of drug-likeness (QED) is 0.733. The maximum atomic E-state index is 12.6. The van der Waals surface area contributed by atoms with E-state index in [-0.39, 0.29) is 17.9 Å². The second kappa shape index (κ2) is 10.5. The topological polar surface area (TPSA) is 78.9 Å². The number of halogens is 3. The summed E-state index contributed by atoms with van der Waals surface area (Å²) in [6.45, 7) is 3.91. The molecule has 2 saturated heterocycles. The van der Waals surface area contributed by atoms with Gasteiger partial charge < -0.3 is 20.1 Å². The van der Waals surface area contributed by atoms with Gasteiger partial charge in [-0.15, -0.1) is 0 Å². The van der Waals surface area contributed by atoms with Crippen molar-refractivity contribution in [3.63, 3.8) is 0 Å². The smallest absolute Gasteiger partial charge is 0.475 e. The van der Waals surface area contributed by atoms with Gasteiger partial charge in [-0.05, 0) is 37.7 Å². The highest BCUT2D eigenvalue weighted by molar-refractivity contribution is 5.79. The second-order valence-electron chi connectivity index (χ2n) is 8.38. The summed E-state index contributed by atoms with van der Waals surface area (Å²) in [5.74, 6) is -1.97. The van der Waals surface area contributed by atoms with Crippen LogP contribution < -0.4 is 5.32 Å². The van der Waals surface area contributed by atoms with Crippen LogP contribution in [0.25, 0.3) is 0 Å². The highest BCUT2D eigenvalue weighted by Gasteiger charge is 2.42. The third-order valence-electron chi connectivity index (χ3n) is 6.02. The van der Waals surface area contributed by atoms with E-state index in [0.29, 0.717) is 12.0 Å². The molecule has 31 heavy (non-hydrogen) atoms. The van der Waals surface area contributed by atoms with Gasteiger partial charge in [-0.3, -0.25) is 4.79 Å². The normalized spacial score (nSPS) is 26.2. The number of aliphatic carboxylic acids is 1. The minimum Gasteiger partial charge on any atom is -0.475 e. The van der Waals surface area contributed by atoms with E-state index in [1.54, 1.807) is 0 Å². The number of carbonyl (C=O) groups excluding carboxylic acids is 1. The Morgan fingerprint density at radius 3 is 2.42 bits per heavy atom. The van der Waals surface area contributed by atoms with E-state index in [4.69, 9.17) is 14.6 Å². The number of carbonyl (C=O) groups is 2. The number of amides is 1. The third kappa shape index (κ3) is 7.21. The predicted molar refractivity (Wildman–Crippen MR) is 107 cm³/mol. The van der Waals surface area contributed by atoms with Crippen LogP contribution >= 0.6 is 0 Å². The van der Waals surface area contributed by atoms with Crippen molar-refractivity contribution in [3.8, 4) is 0 Å². The molecule has 1 aromatic rings. The molecular weight excluding hydrogens is 413 g/mol. The molecule has 0 unspecified atom stereocenters. The van der Waals surface area contributed by atoms with Crippen LogP contribution in [0.5, 0.6) is 0 Å². The average molecular weight is 442 g/mol. The summed E-state index contributed by atoms with van der Waals surface area (Å²) in [5, 5.41) is 10.3. The molecule has 1 aromatic carbocycles. The molecule has 3 fully saturated rings. The molecule has 0 aromatic heterocycles. The number of piperidine rings is 1. The summed E-state index contributed by atoms with van der Waals surface area (Å²) in [4.78, 5) is 24.0. The molecule has 1 aliphatic carbocycles. The lowest BCUT2D eigenvalue weighted by Crippen LogP contribution is -2.53. The fourth-order valence-electron chi connectivity index (χ4n) is 4.18. The molecule has 9 heteroatoms. The number of ether oxygens (including phenoxy) is 1. The van der Waals surface area contributed by atoms with Crippen LogP contribution in [-0.4, -0.2) is 66.4 Å². The van der Waals surface area contributed by atoms with Gasteiger partial charge in [-0.2, -0.15) is 13.2 Å². The monoisotopic (exact) mass is 442 g/mol. The Kier molecular flexibility index (Phi) is 7.94. The van der Waals surface area contributed by atoms with Crippen molar-refractivity contribution in [2.45, 2.75) is 50.4 Å². The Hall–Kier alpha value is -2.13. The molecule has 2 heterocycles. The number of benzene rings is 1. The van der Waals surface area contributed by atoms with Crippen molar-refractivity contribution < 1.29 is 32.6 Å². The summed E-state index contributed by atoms with van der Waals surface area (Å²) in [6, 6.07) is 11.1. The zero-order chi connectivity index (χ0) is 22.4. The molecule has 4 rings (SSSR count). The first-order valence-electron chi connectivity index (χ1n) is 10.7. The Morgan fingerprint density at radius 2 is 1.81 bits per heavy atom. The van der Waals surface area contributed by atoms with Crippen molar-refractivity contribution in [2.75, 3.05) is 26.2 Å². The van der Waals surface area contributed by atoms with Crippen LogP contribution in [-0.2, 0) is 20.7 Å². The lowest BCUT2D eigenvalue weighted by atomic mass is 9.79. The summed E-state index contributed by atoms with van der Waals surface area (Å²) >= 11 is 0. The number of fused-ring (bicyclic) bond motifs is 1. The maximum absolute atomic E-state index is 12.6. The van der Waals surface area contributed by atoms with E-state index in [0.717, 1.165) is 58.3 Å². The van der Waals surface area contributed by atoms with Crippen LogP contribution in [0.4, 0.5) is 13.2 Å². The molecule has 0 spiro atoms. The number of nitrogens with one attached hydrogen (secondary N) is 1. The van der Waals surface area contributed by atoms with Gasteiger partial charge in [0.25, 0.3) is 0 Å². The van der Waals surface area contributed by atoms with Crippen molar-refractivity contribution in [1.82, 2.24) is 10.2 Å². The lowest BCUT2D eigenvalue weighted by molar-refractivity contribution is -0.192. The van der Waals surface area contributed by atoms with Gasteiger partial charge in [0.05, 0.1) is 6.10 Å². The van der Waals surface area contributed by atoms with E-state index < -0.39 is 12.1 Å². The highest BCUT2D eigenvalue weighted by atomic mass is 19.4. The van der Waals surface area contributed by atoms with E-state index in [1.165, 1.54) is 5.56 Å². The number of carboxylic acids is 1. The van der Waals surface area contributed by atoms with Gasteiger partial charge >= 0.3 is 12.1 Å². The number of rotatable bonds is 5. The molecule has 0 radical (unpaired) electrons. The molecule has 2 N–H and O–H groups in total. The van der Waals surface area contributed by atoms with Crippen LogP contribution in [0, 0.1) is 11.8 Å². The standard InChI is InChI=1S/C20H28N2O2.C2HF3O2/c23-20(21-16-6-7-16)17-10-13-24-19-9-12-22(14-18(17)19)11-8-15-4-2-1-3-5-15;3-2(4,5)1(6)7/h1-5,16-19H,6-14H2,(H,21,23);(H,6,7)/t17-,18-,19-;/m1./s1. The van der Waals surface area contributed by atoms with Crippen LogP contribution in [0.2, 0.25) is 0 Å². The first-order valence-corrected chi connectivity index (χ1v) is 10.7. The van der Waals surface area contributed by atoms with Crippen molar-refractivity contribution in [1.29, 1.82) is 0 Å². The number of carboxylic acid groups (broad SMARTS) is 1. The number of hydrogen-bond acceptors (Lipinski definition) is 4.